The Morgan fingerprint density at radius 3 is 1.44 bits per heavy atom. The molecule has 0 heterocycles. The van der Waals surface area contributed by atoms with E-state index < -0.39 is 0 Å². The summed E-state index contributed by atoms with van der Waals surface area (Å²) < 4.78 is 3.25. The van der Waals surface area contributed by atoms with E-state index in [0.717, 1.165) is 11.8 Å². The van der Waals surface area contributed by atoms with Gasteiger partial charge >= 0.3 is 72.0 Å². The summed E-state index contributed by atoms with van der Waals surface area (Å²) in [7, 11) is 0. The van der Waals surface area contributed by atoms with E-state index in [1.165, 1.54) is 0 Å². The van der Waals surface area contributed by atoms with Crippen molar-refractivity contribution in [2.45, 2.75) is 35.6 Å². The van der Waals surface area contributed by atoms with Gasteiger partial charge < -0.3 is 0 Å². The molecule has 0 aromatic rings. The quantitative estimate of drug-likeness (QED) is 0.699. The Morgan fingerprint density at radius 1 is 0.889 bits per heavy atom. The van der Waals surface area contributed by atoms with Gasteiger partial charge in [-0.25, -0.2) is 0 Å². The van der Waals surface area contributed by atoms with E-state index in [-0.39, 0.29) is 24.6 Å². The van der Waals surface area contributed by atoms with E-state index in [4.69, 9.17) is 0 Å². The van der Waals surface area contributed by atoms with Crippen LogP contribution < -0.4 is 0 Å². The van der Waals surface area contributed by atoms with Gasteiger partial charge in [-0.3, -0.25) is 0 Å². The van der Waals surface area contributed by atoms with Crippen LogP contribution in [-0.4, -0.2) is 0 Å². The van der Waals surface area contributed by atoms with E-state index >= 15 is 0 Å². The first-order chi connectivity index (χ1) is 4.13. The summed E-state index contributed by atoms with van der Waals surface area (Å²) in [5.41, 5.74) is 0. The van der Waals surface area contributed by atoms with E-state index in [1.54, 1.807) is 7.86 Å². The summed E-state index contributed by atoms with van der Waals surface area (Å²) in [5.74, 6) is 1.98. The molecule has 0 bridgehead atoms. The van der Waals surface area contributed by atoms with Crippen LogP contribution in [0.5, 0.6) is 0 Å². The minimum absolute atomic E-state index is 0.341. The summed E-state index contributed by atoms with van der Waals surface area (Å²) in [6.07, 6.45) is 0. The number of hydrogen-bond donors (Lipinski definition) is 0. The van der Waals surface area contributed by atoms with Crippen molar-refractivity contribution in [2.75, 3.05) is 0 Å². The molecule has 0 saturated heterocycles. The molecule has 0 aromatic heterocycles. The van der Waals surface area contributed by atoms with Crippen LogP contribution in [0, 0.1) is 11.8 Å². The zero-order valence-corrected chi connectivity index (χ0v) is 12.8. The molecule has 0 radical (unpaired) electrons. The van der Waals surface area contributed by atoms with Crippen LogP contribution in [0.25, 0.3) is 0 Å². The van der Waals surface area contributed by atoms with Crippen LogP contribution in [0.4, 0.5) is 0 Å². The van der Waals surface area contributed by atoms with Gasteiger partial charge in [0.05, 0.1) is 0 Å². The molecule has 9 heavy (non-hydrogen) atoms. The Morgan fingerprint density at radius 2 is 1.22 bits per heavy atom. The van der Waals surface area contributed by atoms with Crippen molar-refractivity contribution < 1.29 is 24.6 Å². The average molecular weight is 315 g/mol. The molecule has 0 fully saturated rings. The second kappa shape index (κ2) is 5.70. The molecule has 0 aliphatic rings. The first-order valence-corrected chi connectivity index (χ1v) is 11.9. The number of hydrogen-bond acceptors (Lipinski definition) is 0. The van der Waals surface area contributed by atoms with Crippen molar-refractivity contribution in [3.8, 4) is 0 Å². The van der Waals surface area contributed by atoms with Crippen molar-refractivity contribution >= 4 is 0 Å². The molecule has 52 valence electrons. The monoisotopic (exact) mass is 316 g/mol. The van der Waals surface area contributed by atoms with Crippen molar-refractivity contribution in [3.05, 3.63) is 0 Å². The fraction of sp³-hybridized carbons (Fsp3) is 1.00. The molecule has 0 atom stereocenters. The fourth-order valence-electron chi connectivity index (χ4n) is 0.934. The SMILES string of the molecule is CC(C)[CH2][Hg][CH2]C(C)C. The molecule has 0 aliphatic heterocycles. The normalized spacial score (nSPS) is 10.4. The minimum atomic E-state index is -0.341. The van der Waals surface area contributed by atoms with Crippen LogP contribution in [0.2, 0.25) is 7.86 Å². The molecule has 0 aliphatic carbocycles. The zero-order valence-electron chi connectivity index (χ0n) is 7.28. The predicted octanol–water partition coefficient (Wildman–Crippen LogP) is 3.22. The molecular formula is C8H18Hg. The summed E-state index contributed by atoms with van der Waals surface area (Å²) in [6.45, 7) is 9.39. The van der Waals surface area contributed by atoms with Crippen molar-refractivity contribution in [1.29, 1.82) is 0 Å². The van der Waals surface area contributed by atoms with Gasteiger partial charge in [0, 0.05) is 0 Å². The van der Waals surface area contributed by atoms with Gasteiger partial charge in [0.1, 0.15) is 0 Å². The third-order valence-electron chi connectivity index (χ3n) is 1.56. The topological polar surface area (TPSA) is 0 Å². The van der Waals surface area contributed by atoms with Gasteiger partial charge in [-0.05, 0) is 0 Å². The molecule has 0 aromatic carbocycles. The zero-order chi connectivity index (χ0) is 7.28. The third-order valence-corrected chi connectivity index (χ3v) is 13.7. The van der Waals surface area contributed by atoms with Crippen LogP contribution in [-0.2, 0) is 24.6 Å². The van der Waals surface area contributed by atoms with Gasteiger partial charge in [-0.15, -0.1) is 0 Å². The van der Waals surface area contributed by atoms with Crippen molar-refractivity contribution in [2.24, 2.45) is 11.8 Å². The Hall–Kier alpha value is 0.935. The molecule has 0 amide bonds. The first kappa shape index (κ1) is 9.94. The van der Waals surface area contributed by atoms with E-state index in [1.807, 2.05) is 0 Å². The molecule has 1 heteroatoms. The Bertz CT molecular complexity index is 49.6. The van der Waals surface area contributed by atoms with Crippen molar-refractivity contribution in [1.82, 2.24) is 0 Å². The summed E-state index contributed by atoms with van der Waals surface area (Å²) in [4.78, 5) is 0. The van der Waals surface area contributed by atoms with Gasteiger partial charge in [-0.1, -0.05) is 0 Å². The molecule has 0 N–H and O–H groups in total. The average Bonchev–Trinajstić information content (AvgIpc) is 1.63. The standard InChI is InChI=1S/2C4H9.Hg/c2*1-4(2)3;/h2*4H,1H2,2-3H3;. The molecule has 0 rings (SSSR count). The summed E-state index contributed by atoms with van der Waals surface area (Å²) >= 11 is -0.341. The second-order valence-corrected chi connectivity index (χ2v) is 11.0. The molecule has 0 spiro atoms. The van der Waals surface area contributed by atoms with Gasteiger partial charge in [0.25, 0.3) is 0 Å². The predicted molar refractivity (Wildman–Crippen MR) is 39.3 cm³/mol. The maximum atomic E-state index is 2.35. The van der Waals surface area contributed by atoms with Crippen LogP contribution in [0.15, 0.2) is 0 Å². The Balaban J connectivity index is 2.91. The summed E-state index contributed by atoms with van der Waals surface area (Å²) in [5, 5.41) is 0. The van der Waals surface area contributed by atoms with Crippen molar-refractivity contribution in [3.63, 3.8) is 0 Å². The summed E-state index contributed by atoms with van der Waals surface area (Å²) in [6, 6.07) is 0. The van der Waals surface area contributed by atoms with Gasteiger partial charge in [0.15, 0.2) is 0 Å². The van der Waals surface area contributed by atoms with Gasteiger partial charge in [-0.2, -0.15) is 0 Å². The Labute approximate surface area is 71.8 Å². The molecular weight excluding hydrogens is 297 g/mol. The van der Waals surface area contributed by atoms with Crippen LogP contribution in [0.3, 0.4) is 0 Å². The third kappa shape index (κ3) is 8.94. The van der Waals surface area contributed by atoms with E-state index in [0.29, 0.717) is 0 Å². The van der Waals surface area contributed by atoms with Crippen LogP contribution >= 0.6 is 0 Å². The van der Waals surface area contributed by atoms with Gasteiger partial charge in [0.2, 0.25) is 0 Å². The number of rotatable bonds is 4. The van der Waals surface area contributed by atoms with Crippen LogP contribution in [0.1, 0.15) is 27.7 Å². The molecule has 0 unspecified atom stereocenters. The molecule has 0 saturated carbocycles. The Kier molecular flexibility index (Phi) is 6.29. The maximum absolute atomic E-state index is 2.35. The second-order valence-electron chi connectivity index (χ2n) is 3.72. The van der Waals surface area contributed by atoms with E-state index in [9.17, 15) is 0 Å². The first-order valence-electron chi connectivity index (χ1n) is 4.13. The molecule has 0 nitrogen and oxygen atoms in total. The van der Waals surface area contributed by atoms with E-state index in [2.05, 4.69) is 27.7 Å². The fourth-order valence-corrected chi connectivity index (χ4v) is 8.20.